The van der Waals surface area contributed by atoms with E-state index in [4.69, 9.17) is 0 Å². The fourth-order valence-corrected chi connectivity index (χ4v) is 5.55. The molecule has 0 saturated heterocycles. The fourth-order valence-electron chi connectivity index (χ4n) is 5.55. The summed E-state index contributed by atoms with van der Waals surface area (Å²) in [5, 5.41) is 22.5. The summed E-state index contributed by atoms with van der Waals surface area (Å²) in [6.45, 7) is 4.13. The van der Waals surface area contributed by atoms with E-state index in [1.165, 1.54) is 135 Å². The molecule has 0 bridgehead atoms. The first kappa shape index (κ1) is 40.9. The number of carbonyl (C=O) groups excluding carboxylic acids is 1. The lowest BCUT2D eigenvalue weighted by Crippen LogP contribution is -2.45. The van der Waals surface area contributed by atoms with Gasteiger partial charge in [0.2, 0.25) is 5.91 Å². The molecular formula is C38H73NO3. The van der Waals surface area contributed by atoms with Crippen LogP contribution < -0.4 is 5.32 Å². The average Bonchev–Trinajstić information content (AvgIpc) is 2.99. The van der Waals surface area contributed by atoms with Gasteiger partial charge in [-0.05, 0) is 32.1 Å². The molecule has 0 spiro atoms. The van der Waals surface area contributed by atoms with Gasteiger partial charge in [0.05, 0.1) is 18.8 Å². The molecule has 0 aliphatic heterocycles. The molecule has 3 N–H and O–H groups in total. The zero-order valence-electron chi connectivity index (χ0n) is 28.3. The van der Waals surface area contributed by atoms with Gasteiger partial charge < -0.3 is 15.5 Å². The Labute approximate surface area is 262 Å². The highest BCUT2D eigenvalue weighted by molar-refractivity contribution is 5.76. The third kappa shape index (κ3) is 30.3. The van der Waals surface area contributed by atoms with Gasteiger partial charge in [0, 0.05) is 6.42 Å². The van der Waals surface area contributed by atoms with Crippen LogP contribution in [0.25, 0.3) is 0 Å². The molecule has 0 rings (SSSR count). The molecule has 0 aromatic heterocycles. The summed E-state index contributed by atoms with van der Waals surface area (Å²) >= 11 is 0. The molecule has 2 unspecified atom stereocenters. The van der Waals surface area contributed by atoms with Gasteiger partial charge in [-0.25, -0.2) is 0 Å². The first-order valence-corrected chi connectivity index (χ1v) is 18.6. The maximum absolute atomic E-state index is 11.9. The largest absolute Gasteiger partial charge is 0.394 e. The summed E-state index contributed by atoms with van der Waals surface area (Å²) in [6, 6.07) is -0.630. The third-order valence-corrected chi connectivity index (χ3v) is 8.44. The normalized spacial score (nSPS) is 13.3. The molecule has 0 saturated carbocycles. The minimum absolute atomic E-state index is 0.0990. The predicted octanol–water partition coefficient (Wildman–Crippen LogP) is 10.9. The zero-order valence-corrected chi connectivity index (χ0v) is 28.3. The minimum atomic E-state index is -0.853. The van der Waals surface area contributed by atoms with Crippen LogP contribution in [0.15, 0.2) is 24.3 Å². The third-order valence-electron chi connectivity index (χ3n) is 8.44. The van der Waals surface area contributed by atoms with Gasteiger partial charge in [-0.2, -0.15) is 0 Å². The van der Waals surface area contributed by atoms with Crippen molar-refractivity contribution in [3.05, 3.63) is 24.3 Å². The monoisotopic (exact) mass is 592 g/mol. The number of carbonyl (C=O) groups is 1. The van der Waals surface area contributed by atoms with Crippen molar-refractivity contribution >= 4 is 5.91 Å². The summed E-state index contributed by atoms with van der Waals surface area (Å²) in [7, 11) is 0. The minimum Gasteiger partial charge on any atom is -0.394 e. The number of unbranched alkanes of at least 4 members (excludes halogenated alkanes) is 24. The fraction of sp³-hybridized carbons (Fsp3) is 0.868. The number of hydrogen-bond donors (Lipinski definition) is 3. The van der Waals surface area contributed by atoms with Gasteiger partial charge in [-0.15, -0.1) is 0 Å². The van der Waals surface area contributed by atoms with Crippen LogP contribution >= 0.6 is 0 Å². The van der Waals surface area contributed by atoms with Gasteiger partial charge in [0.25, 0.3) is 0 Å². The second-order valence-corrected chi connectivity index (χ2v) is 12.6. The molecule has 248 valence electrons. The molecule has 2 atom stereocenters. The molecule has 0 radical (unpaired) electrons. The zero-order chi connectivity index (χ0) is 30.8. The van der Waals surface area contributed by atoms with E-state index in [1.807, 2.05) is 6.08 Å². The maximum Gasteiger partial charge on any atom is 0.220 e. The summed E-state index contributed by atoms with van der Waals surface area (Å²) in [5.41, 5.74) is 0. The summed E-state index contributed by atoms with van der Waals surface area (Å²) in [5.74, 6) is -0.0990. The van der Waals surface area contributed by atoms with E-state index in [9.17, 15) is 15.0 Å². The Kier molecular flexibility index (Phi) is 33.4. The van der Waals surface area contributed by atoms with Crippen molar-refractivity contribution in [3.63, 3.8) is 0 Å². The standard InChI is InChI=1S/C38H73NO3/c1-3-5-7-8-9-10-11-12-13-14-15-16-17-18-19-20-21-22-23-24-25-26-27-28-29-30-32-33-37(41)36(35-40)39-38(42)34-31-6-4-2/h27-28,32-33,36-37,40-41H,3-26,29-31,34-35H2,1-2H3,(H,39,42)/b28-27+,33-32+. The number of rotatable bonds is 33. The van der Waals surface area contributed by atoms with Gasteiger partial charge in [-0.1, -0.05) is 179 Å². The predicted molar refractivity (Wildman–Crippen MR) is 184 cm³/mol. The SMILES string of the molecule is CCCCCCCCCCCCCCCCCCCCCCC/C=C/CC/C=C/C(O)C(CO)NC(=O)CCCCC. The van der Waals surface area contributed by atoms with Crippen molar-refractivity contribution in [2.75, 3.05) is 6.61 Å². The van der Waals surface area contributed by atoms with E-state index in [-0.39, 0.29) is 12.5 Å². The molecule has 4 heteroatoms. The van der Waals surface area contributed by atoms with Crippen LogP contribution in [-0.2, 0) is 4.79 Å². The molecule has 4 nitrogen and oxygen atoms in total. The summed E-state index contributed by atoms with van der Waals surface area (Å²) in [6.07, 6.45) is 43.5. The van der Waals surface area contributed by atoms with E-state index < -0.39 is 12.1 Å². The van der Waals surface area contributed by atoms with E-state index in [1.54, 1.807) is 6.08 Å². The first-order chi connectivity index (χ1) is 20.7. The van der Waals surface area contributed by atoms with Crippen LogP contribution in [0.4, 0.5) is 0 Å². The van der Waals surface area contributed by atoms with Crippen molar-refractivity contribution in [3.8, 4) is 0 Å². The van der Waals surface area contributed by atoms with Crippen molar-refractivity contribution in [1.82, 2.24) is 5.32 Å². The highest BCUT2D eigenvalue weighted by Crippen LogP contribution is 2.15. The summed E-state index contributed by atoms with van der Waals surface area (Å²) < 4.78 is 0. The summed E-state index contributed by atoms with van der Waals surface area (Å²) in [4.78, 5) is 11.9. The molecule has 0 fully saturated rings. The molecule has 0 heterocycles. The van der Waals surface area contributed by atoms with E-state index in [0.717, 1.165) is 38.5 Å². The van der Waals surface area contributed by atoms with Crippen LogP contribution in [0.5, 0.6) is 0 Å². The Morgan fingerprint density at radius 2 is 0.929 bits per heavy atom. The Balaban J connectivity index is 3.42. The molecule has 42 heavy (non-hydrogen) atoms. The lowest BCUT2D eigenvalue weighted by Gasteiger charge is -2.19. The van der Waals surface area contributed by atoms with Crippen LogP contribution in [0.1, 0.15) is 194 Å². The van der Waals surface area contributed by atoms with Crippen molar-refractivity contribution in [2.45, 2.75) is 206 Å². The van der Waals surface area contributed by atoms with Crippen LogP contribution in [0, 0.1) is 0 Å². The second-order valence-electron chi connectivity index (χ2n) is 12.6. The molecule has 0 aromatic rings. The van der Waals surface area contributed by atoms with E-state index in [2.05, 4.69) is 31.3 Å². The van der Waals surface area contributed by atoms with Crippen molar-refractivity contribution < 1.29 is 15.0 Å². The van der Waals surface area contributed by atoms with Crippen LogP contribution in [0.3, 0.4) is 0 Å². The van der Waals surface area contributed by atoms with Gasteiger partial charge in [0.1, 0.15) is 0 Å². The van der Waals surface area contributed by atoms with Crippen LogP contribution in [-0.4, -0.2) is 34.9 Å². The second kappa shape index (κ2) is 34.4. The molecule has 1 amide bonds. The Morgan fingerprint density at radius 3 is 1.38 bits per heavy atom. The number of allylic oxidation sites excluding steroid dienone is 3. The molecule has 0 aromatic carbocycles. The molecule has 0 aliphatic carbocycles. The van der Waals surface area contributed by atoms with Gasteiger partial charge >= 0.3 is 0 Å². The first-order valence-electron chi connectivity index (χ1n) is 18.6. The van der Waals surface area contributed by atoms with Crippen molar-refractivity contribution in [1.29, 1.82) is 0 Å². The number of amides is 1. The Bertz CT molecular complexity index is 603. The molecule has 0 aliphatic rings. The quantitative estimate of drug-likeness (QED) is 0.0525. The van der Waals surface area contributed by atoms with Crippen molar-refractivity contribution in [2.24, 2.45) is 0 Å². The molecular weight excluding hydrogens is 518 g/mol. The highest BCUT2D eigenvalue weighted by Gasteiger charge is 2.17. The Morgan fingerprint density at radius 1 is 0.548 bits per heavy atom. The topological polar surface area (TPSA) is 69.6 Å². The smallest absolute Gasteiger partial charge is 0.220 e. The van der Waals surface area contributed by atoms with Gasteiger partial charge in [0.15, 0.2) is 0 Å². The average molecular weight is 592 g/mol. The lowest BCUT2D eigenvalue weighted by atomic mass is 10.0. The maximum atomic E-state index is 11.9. The number of nitrogens with one attached hydrogen (secondary N) is 1. The van der Waals surface area contributed by atoms with E-state index in [0.29, 0.717) is 6.42 Å². The number of aliphatic hydroxyl groups is 2. The van der Waals surface area contributed by atoms with E-state index >= 15 is 0 Å². The van der Waals surface area contributed by atoms with Gasteiger partial charge in [-0.3, -0.25) is 4.79 Å². The number of aliphatic hydroxyl groups excluding tert-OH is 2. The highest BCUT2D eigenvalue weighted by atomic mass is 16.3. The number of hydrogen-bond acceptors (Lipinski definition) is 3. The Hall–Kier alpha value is -1.13. The van der Waals surface area contributed by atoms with Crippen LogP contribution in [0.2, 0.25) is 0 Å². The lowest BCUT2D eigenvalue weighted by molar-refractivity contribution is -0.123.